The first-order valence-electron chi connectivity index (χ1n) is 9.33. The average molecular weight is 576 g/mol. The van der Waals surface area contributed by atoms with E-state index in [1.165, 1.54) is 10.9 Å². The molecule has 0 N–H and O–H groups in total. The zero-order valence-electron chi connectivity index (χ0n) is 16.6. The minimum atomic E-state index is -0.556. The monoisotopic (exact) mass is 573 g/mol. The first-order valence-corrected chi connectivity index (χ1v) is 11.3. The van der Waals surface area contributed by atoms with Crippen molar-refractivity contribution in [1.82, 2.24) is 9.66 Å². The molecule has 0 saturated carbocycles. The molecule has 32 heavy (non-hydrogen) atoms. The summed E-state index contributed by atoms with van der Waals surface area (Å²) in [5.41, 5.74) is 1.13. The predicted octanol–water partition coefficient (Wildman–Crippen LogP) is 5.98. The summed E-state index contributed by atoms with van der Waals surface area (Å²) < 4.78 is 8.12. The fraction of sp³-hybridized carbons (Fsp3) is 0.0435. The van der Waals surface area contributed by atoms with Gasteiger partial charge in [0.1, 0.15) is 5.82 Å². The van der Waals surface area contributed by atoms with Gasteiger partial charge in [0.25, 0.3) is 5.56 Å². The van der Waals surface area contributed by atoms with E-state index < -0.39 is 5.97 Å². The molecular weight excluding hydrogens is 562 g/mol. The number of nitrogens with zero attached hydrogens (tertiary/aromatic N) is 3. The van der Waals surface area contributed by atoms with E-state index in [-0.39, 0.29) is 11.3 Å². The van der Waals surface area contributed by atoms with Crippen LogP contribution >= 0.6 is 43.5 Å². The molecule has 3 aromatic carbocycles. The molecule has 4 aromatic rings. The van der Waals surface area contributed by atoms with Crippen molar-refractivity contribution in [3.05, 3.63) is 102 Å². The molecule has 0 atom stereocenters. The number of aryl methyl sites for hydroxylation is 1. The highest BCUT2D eigenvalue weighted by Gasteiger charge is 2.16. The van der Waals surface area contributed by atoms with Crippen LogP contribution in [-0.2, 0) is 0 Å². The van der Waals surface area contributed by atoms with E-state index in [2.05, 4.69) is 41.9 Å². The molecule has 1 aromatic heterocycles. The van der Waals surface area contributed by atoms with Gasteiger partial charge in [0.2, 0.25) is 0 Å². The number of hydrogen-bond donors (Lipinski definition) is 0. The molecule has 0 aliphatic heterocycles. The molecule has 0 unspecified atom stereocenters. The van der Waals surface area contributed by atoms with Crippen molar-refractivity contribution in [1.29, 1.82) is 0 Å². The molecule has 0 aliphatic rings. The van der Waals surface area contributed by atoms with Gasteiger partial charge in [-0.05, 0) is 71.4 Å². The largest absolute Gasteiger partial charge is 0.421 e. The van der Waals surface area contributed by atoms with E-state index in [9.17, 15) is 9.59 Å². The van der Waals surface area contributed by atoms with Gasteiger partial charge in [0.15, 0.2) is 5.75 Å². The molecule has 160 valence electrons. The maximum absolute atomic E-state index is 12.9. The summed E-state index contributed by atoms with van der Waals surface area (Å²) in [6.45, 7) is 1.70. The predicted molar refractivity (Wildman–Crippen MR) is 132 cm³/mol. The maximum atomic E-state index is 12.9. The zero-order valence-corrected chi connectivity index (χ0v) is 20.5. The highest BCUT2D eigenvalue weighted by atomic mass is 79.9. The number of hydrogen-bond acceptors (Lipinski definition) is 5. The highest BCUT2D eigenvalue weighted by molar-refractivity contribution is 9.11. The van der Waals surface area contributed by atoms with Crippen LogP contribution in [-0.4, -0.2) is 21.8 Å². The zero-order chi connectivity index (χ0) is 22.8. The van der Waals surface area contributed by atoms with Crippen LogP contribution in [0, 0.1) is 6.92 Å². The molecule has 6 nitrogen and oxygen atoms in total. The van der Waals surface area contributed by atoms with Gasteiger partial charge < -0.3 is 4.74 Å². The molecule has 0 bridgehead atoms. The summed E-state index contributed by atoms with van der Waals surface area (Å²) >= 11 is 12.7. The van der Waals surface area contributed by atoms with Gasteiger partial charge in [0, 0.05) is 15.1 Å². The standard InChI is InChI=1S/C23H14Br2ClN3O3/c1-13-28-20-5-3-2-4-18(20)22(30)29(13)27-12-15-10-16(24)11-19(25)21(15)32-23(31)14-6-8-17(26)9-7-14/h2-12H,1H3. The molecule has 4 rings (SSSR count). The first kappa shape index (κ1) is 22.4. The smallest absolute Gasteiger partial charge is 0.343 e. The number of carbonyl (C=O) groups excluding carboxylic acids is 1. The minimum absolute atomic E-state index is 0.261. The number of halogens is 3. The van der Waals surface area contributed by atoms with E-state index in [0.717, 1.165) is 4.47 Å². The average Bonchev–Trinajstić information content (AvgIpc) is 2.76. The van der Waals surface area contributed by atoms with Crippen LogP contribution in [0.25, 0.3) is 10.9 Å². The highest BCUT2D eigenvalue weighted by Crippen LogP contribution is 2.33. The van der Waals surface area contributed by atoms with Gasteiger partial charge in [-0.1, -0.05) is 39.7 Å². The quantitative estimate of drug-likeness (QED) is 0.170. The Hall–Kier alpha value is -2.81. The number of fused-ring (bicyclic) bond motifs is 1. The number of aromatic nitrogens is 2. The molecule has 0 amide bonds. The number of benzene rings is 3. The number of rotatable bonds is 4. The molecule has 0 saturated heterocycles. The Morgan fingerprint density at radius 3 is 2.59 bits per heavy atom. The van der Waals surface area contributed by atoms with Gasteiger partial charge >= 0.3 is 5.97 Å². The summed E-state index contributed by atoms with van der Waals surface area (Å²) in [6, 6.07) is 16.9. The lowest BCUT2D eigenvalue weighted by Gasteiger charge is -2.11. The Labute approximate surface area is 204 Å². The van der Waals surface area contributed by atoms with E-state index in [1.807, 2.05) is 6.07 Å². The number of carbonyl (C=O) groups is 1. The Bertz CT molecular complexity index is 1430. The lowest BCUT2D eigenvalue weighted by atomic mass is 10.2. The first-order chi connectivity index (χ1) is 15.3. The second kappa shape index (κ2) is 9.36. The van der Waals surface area contributed by atoms with Crippen LogP contribution in [0.1, 0.15) is 21.7 Å². The Morgan fingerprint density at radius 2 is 1.84 bits per heavy atom. The summed E-state index contributed by atoms with van der Waals surface area (Å²) in [5.74, 6) is 0.134. The van der Waals surface area contributed by atoms with Crippen LogP contribution in [0.4, 0.5) is 0 Å². The molecule has 1 heterocycles. The van der Waals surface area contributed by atoms with Gasteiger partial charge in [0.05, 0.1) is 27.2 Å². The number of esters is 1. The van der Waals surface area contributed by atoms with Crippen LogP contribution in [0.15, 0.2) is 79.5 Å². The van der Waals surface area contributed by atoms with Crippen molar-refractivity contribution in [2.24, 2.45) is 5.10 Å². The van der Waals surface area contributed by atoms with Gasteiger partial charge in [-0.3, -0.25) is 4.79 Å². The van der Waals surface area contributed by atoms with E-state index >= 15 is 0 Å². The third-order valence-electron chi connectivity index (χ3n) is 4.54. The fourth-order valence-electron chi connectivity index (χ4n) is 3.01. The molecule has 0 radical (unpaired) electrons. The van der Waals surface area contributed by atoms with E-state index in [0.29, 0.717) is 37.3 Å². The number of ether oxygens (including phenoxy) is 1. The van der Waals surface area contributed by atoms with Crippen molar-refractivity contribution < 1.29 is 9.53 Å². The third kappa shape index (κ3) is 4.67. The van der Waals surface area contributed by atoms with Gasteiger partial charge in [-0.15, -0.1) is 0 Å². The van der Waals surface area contributed by atoms with Crippen molar-refractivity contribution in [2.45, 2.75) is 6.92 Å². The summed E-state index contributed by atoms with van der Waals surface area (Å²) in [5, 5.41) is 5.30. The summed E-state index contributed by atoms with van der Waals surface area (Å²) in [6.07, 6.45) is 1.45. The topological polar surface area (TPSA) is 73.6 Å². The summed E-state index contributed by atoms with van der Waals surface area (Å²) in [7, 11) is 0. The normalized spacial score (nSPS) is 11.2. The van der Waals surface area contributed by atoms with Crippen molar-refractivity contribution in [3.8, 4) is 5.75 Å². The molecule has 0 spiro atoms. The fourth-order valence-corrected chi connectivity index (χ4v) is 4.48. The minimum Gasteiger partial charge on any atom is -0.421 e. The van der Waals surface area contributed by atoms with Crippen molar-refractivity contribution in [2.75, 3.05) is 0 Å². The molecule has 0 fully saturated rings. The lowest BCUT2D eigenvalue weighted by Crippen LogP contribution is -2.20. The van der Waals surface area contributed by atoms with Gasteiger partial charge in [-0.2, -0.15) is 9.78 Å². The lowest BCUT2D eigenvalue weighted by molar-refractivity contribution is 0.0733. The summed E-state index contributed by atoms with van der Waals surface area (Å²) in [4.78, 5) is 29.9. The molecule has 9 heteroatoms. The van der Waals surface area contributed by atoms with Gasteiger partial charge in [-0.25, -0.2) is 9.78 Å². The second-order valence-electron chi connectivity index (χ2n) is 6.74. The molecular formula is C23H14Br2ClN3O3. The Morgan fingerprint density at radius 1 is 1.12 bits per heavy atom. The molecule has 0 aliphatic carbocycles. The van der Waals surface area contributed by atoms with Crippen LogP contribution in [0.2, 0.25) is 5.02 Å². The Balaban J connectivity index is 1.74. The van der Waals surface area contributed by atoms with Crippen LogP contribution < -0.4 is 10.3 Å². The third-order valence-corrected chi connectivity index (χ3v) is 5.84. The maximum Gasteiger partial charge on any atom is 0.343 e. The van der Waals surface area contributed by atoms with Crippen LogP contribution in [0.5, 0.6) is 5.75 Å². The Kier molecular flexibility index (Phi) is 6.55. The van der Waals surface area contributed by atoms with Crippen molar-refractivity contribution >= 4 is 66.5 Å². The SMILES string of the molecule is Cc1nc2ccccc2c(=O)n1N=Cc1cc(Br)cc(Br)c1OC(=O)c1ccc(Cl)cc1. The van der Waals surface area contributed by atoms with Crippen LogP contribution in [0.3, 0.4) is 0 Å². The number of para-hydroxylation sites is 1. The van der Waals surface area contributed by atoms with E-state index in [4.69, 9.17) is 16.3 Å². The second-order valence-corrected chi connectivity index (χ2v) is 8.95. The van der Waals surface area contributed by atoms with E-state index in [1.54, 1.807) is 61.5 Å². The van der Waals surface area contributed by atoms with Crippen molar-refractivity contribution in [3.63, 3.8) is 0 Å².